The van der Waals surface area contributed by atoms with Crippen molar-refractivity contribution in [2.24, 2.45) is 5.73 Å². The molecule has 9 heteroatoms. The van der Waals surface area contributed by atoms with Crippen molar-refractivity contribution in [3.8, 4) is 0 Å². The first kappa shape index (κ1) is 20.0. The highest BCUT2D eigenvalue weighted by atomic mass is 16.5. The normalized spacial score (nSPS) is 20.1. The molecule has 1 fully saturated rings. The summed E-state index contributed by atoms with van der Waals surface area (Å²) in [6.07, 6.45) is 4.65. The third-order valence-electron chi connectivity index (χ3n) is 4.73. The molecule has 2 aliphatic heterocycles. The van der Waals surface area contributed by atoms with E-state index in [-0.39, 0.29) is 17.9 Å². The standard InChI is InChI=1S/C19H25N5O4/c20-17(23-27)13-1-3-14(4-2-13)18(25)22-11-16-12-28-10-9-24(16)19(26)15-5-7-21-8-6-15/h1-7,16-17,21,23,27H,8-12,20H2,(H,22,25). The predicted octanol–water partition coefficient (Wildman–Crippen LogP) is -0.377. The Morgan fingerprint density at radius 3 is 2.82 bits per heavy atom. The molecular formula is C19H25N5O4. The van der Waals surface area contributed by atoms with Crippen LogP contribution in [0, 0.1) is 0 Å². The molecule has 3 rings (SSSR count). The Hall–Kier alpha value is -2.72. The molecular weight excluding hydrogens is 362 g/mol. The van der Waals surface area contributed by atoms with Gasteiger partial charge in [-0.3, -0.25) is 9.59 Å². The largest absolute Gasteiger partial charge is 0.387 e. The van der Waals surface area contributed by atoms with Gasteiger partial charge in [0.25, 0.3) is 11.8 Å². The van der Waals surface area contributed by atoms with Crippen molar-refractivity contribution in [1.82, 2.24) is 21.0 Å². The summed E-state index contributed by atoms with van der Waals surface area (Å²) >= 11 is 0. The zero-order chi connectivity index (χ0) is 19.9. The Kier molecular flexibility index (Phi) is 6.77. The summed E-state index contributed by atoms with van der Waals surface area (Å²) in [5.74, 6) is -0.314. The lowest BCUT2D eigenvalue weighted by atomic mass is 10.1. The van der Waals surface area contributed by atoms with Gasteiger partial charge in [-0.2, -0.15) is 5.48 Å². The van der Waals surface area contributed by atoms with Crippen LogP contribution in [0.5, 0.6) is 0 Å². The number of hydrogen-bond donors (Lipinski definition) is 5. The number of amides is 2. The first-order valence-corrected chi connectivity index (χ1v) is 9.12. The van der Waals surface area contributed by atoms with Gasteiger partial charge >= 0.3 is 0 Å². The Morgan fingerprint density at radius 1 is 1.36 bits per heavy atom. The van der Waals surface area contributed by atoms with Gasteiger partial charge in [0, 0.05) is 30.8 Å². The van der Waals surface area contributed by atoms with Crippen LogP contribution in [0.1, 0.15) is 22.1 Å². The van der Waals surface area contributed by atoms with Crippen LogP contribution in [0.15, 0.2) is 48.2 Å². The summed E-state index contributed by atoms with van der Waals surface area (Å²) in [5.41, 5.74) is 9.37. The number of ether oxygens (including phenoxy) is 1. The fourth-order valence-corrected chi connectivity index (χ4v) is 3.10. The van der Waals surface area contributed by atoms with Gasteiger partial charge < -0.3 is 31.2 Å². The maximum Gasteiger partial charge on any atom is 0.254 e. The van der Waals surface area contributed by atoms with Gasteiger partial charge in [-0.25, -0.2) is 0 Å². The fourth-order valence-electron chi connectivity index (χ4n) is 3.10. The minimum Gasteiger partial charge on any atom is -0.387 e. The highest BCUT2D eigenvalue weighted by Gasteiger charge is 2.29. The highest BCUT2D eigenvalue weighted by molar-refractivity contribution is 5.97. The first-order chi connectivity index (χ1) is 13.6. The summed E-state index contributed by atoms with van der Waals surface area (Å²) in [5, 5.41) is 14.7. The van der Waals surface area contributed by atoms with E-state index in [4.69, 9.17) is 15.7 Å². The number of nitrogens with two attached hydrogens (primary N) is 1. The Balaban J connectivity index is 1.60. The lowest BCUT2D eigenvalue weighted by Gasteiger charge is -2.36. The number of hydroxylamine groups is 1. The van der Waals surface area contributed by atoms with Gasteiger partial charge in [-0.1, -0.05) is 18.2 Å². The van der Waals surface area contributed by atoms with E-state index in [0.29, 0.717) is 49.5 Å². The number of carbonyl (C=O) groups is 2. The van der Waals surface area contributed by atoms with E-state index in [2.05, 4.69) is 10.6 Å². The summed E-state index contributed by atoms with van der Waals surface area (Å²) in [7, 11) is 0. The van der Waals surface area contributed by atoms with E-state index >= 15 is 0 Å². The van der Waals surface area contributed by atoms with E-state index < -0.39 is 6.17 Å². The molecule has 0 bridgehead atoms. The Bertz CT molecular complexity index is 762. The van der Waals surface area contributed by atoms with Crippen molar-refractivity contribution < 1.29 is 19.5 Å². The SMILES string of the molecule is NC(NO)c1ccc(C(=O)NCC2COCCN2C(=O)C2=CCNC=C2)cc1. The molecule has 0 radical (unpaired) electrons. The number of benzene rings is 1. The van der Waals surface area contributed by atoms with E-state index in [0.717, 1.165) is 0 Å². The van der Waals surface area contributed by atoms with E-state index in [1.165, 1.54) is 0 Å². The quantitative estimate of drug-likeness (QED) is 0.332. The molecule has 0 aliphatic carbocycles. The molecule has 2 atom stereocenters. The molecule has 2 amide bonds. The molecule has 2 aliphatic rings. The Morgan fingerprint density at radius 2 is 2.14 bits per heavy atom. The van der Waals surface area contributed by atoms with Crippen molar-refractivity contribution in [2.45, 2.75) is 12.2 Å². The molecule has 1 aromatic rings. The van der Waals surface area contributed by atoms with Crippen molar-refractivity contribution >= 4 is 11.8 Å². The molecule has 9 nitrogen and oxygen atoms in total. The van der Waals surface area contributed by atoms with Crippen LogP contribution in [-0.4, -0.2) is 60.8 Å². The molecule has 28 heavy (non-hydrogen) atoms. The Labute approximate surface area is 163 Å². The topological polar surface area (TPSA) is 129 Å². The van der Waals surface area contributed by atoms with E-state index in [1.54, 1.807) is 41.4 Å². The smallest absolute Gasteiger partial charge is 0.254 e. The molecule has 6 N–H and O–H groups in total. The number of morpholine rings is 1. The van der Waals surface area contributed by atoms with Gasteiger partial charge in [-0.15, -0.1) is 0 Å². The van der Waals surface area contributed by atoms with Crippen LogP contribution in [0.4, 0.5) is 0 Å². The predicted molar refractivity (Wildman–Crippen MR) is 102 cm³/mol. The van der Waals surface area contributed by atoms with Crippen LogP contribution in [0.2, 0.25) is 0 Å². The minimum atomic E-state index is -0.714. The van der Waals surface area contributed by atoms with Crippen molar-refractivity contribution in [2.75, 3.05) is 32.8 Å². The molecule has 2 unspecified atom stereocenters. The van der Waals surface area contributed by atoms with E-state index in [9.17, 15) is 9.59 Å². The molecule has 1 aromatic carbocycles. The maximum atomic E-state index is 12.8. The second-order valence-corrected chi connectivity index (χ2v) is 6.57. The molecule has 0 aromatic heterocycles. The number of nitrogens with one attached hydrogen (secondary N) is 3. The molecule has 0 spiro atoms. The summed E-state index contributed by atoms with van der Waals surface area (Å²) < 4.78 is 5.50. The average molecular weight is 387 g/mol. The van der Waals surface area contributed by atoms with Crippen LogP contribution in [-0.2, 0) is 9.53 Å². The highest BCUT2D eigenvalue weighted by Crippen LogP contribution is 2.14. The number of rotatable bonds is 6. The second-order valence-electron chi connectivity index (χ2n) is 6.57. The fraction of sp³-hybridized carbons (Fsp3) is 0.368. The van der Waals surface area contributed by atoms with Crippen LogP contribution in [0.3, 0.4) is 0 Å². The summed E-state index contributed by atoms with van der Waals surface area (Å²) in [6, 6.07) is 6.36. The van der Waals surface area contributed by atoms with Gasteiger partial charge in [0.1, 0.15) is 6.17 Å². The third kappa shape index (κ3) is 4.76. The molecule has 1 saturated heterocycles. The first-order valence-electron chi connectivity index (χ1n) is 9.12. The number of dihydropyridines is 1. The zero-order valence-electron chi connectivity index (χ0n) is 15.4. The number of carbonyl (C=O) groups excluding carboxylic acids is 2. The maximum absolute atomic E-state index is 12.8. The summed E-state index contributed by atoms with van der Waals surface area (Å²) in [4.78, 5) is 27.0. The van der Waals surface area contributed by atoms with Gasteiger partial charge in [-0.05, 0) is 30.0 Å². The van der Waals surface area contributed by atoms with Crippen LogP contribution >= 0.6 is 0 Å². The van der Waals surface area contributed by atoms with Gasteiger partial charge in [0.2, 0.25) is 0 Å². The minimum absolute atomic E-state index is 0.0601. The van der Waals surface area contributed by atoms with Crippen molar-refractivity contribution in [3.63, 3.8) is 0 Å². The number of hydrogen-bond acceptors (Lipinski definition) is 7. The van der Waals surface area contributed by atoms with Gasteiger partial charge in [0.15, 0.2) is 0 Å². The molecule has 0 saturated carbocycles. The third-order valence-corrected chi connectivity index (χ3v) is 4.73. The van der Waals surface area contributed by atoms with Gasteiger partial charge in [0.05, 0.1) is 19.3 Å². The second kappa shape index (κ2) is 9.47. The average Bonchev–Trinajstić information content (AvgIpc) is 2.77. The van der Waals surface area contributed by atoms with E-state index in [1.807, 2.05) is 11.6 Å². The lowest BCUT2D eigenvalue weighted by Crippen LogP contribution is -2.54. The van der Waals surface area contributed by atoms with Crippen LogP contribution < -0.4 is 21.8 Å². The molecule has 2 heterocycles. The monoisotopic (exact) mass is 387 g/mol. The summed E-state index contributed by atoms with van der Waals surface area (Å²) in [6.45, 7) is 2.25. The van der Waals surface area contributed by atoms with Crippen LogP contribution in [0.25, 0.3) is 0 Å². The lowest BCUT2D eigenvalue weighted by molar-refractivity contribution is -0.135. The number of nitrogens with zero attached hydrogens (tertiary/aromatic N) is 1. The zero-order valence-corrected chi connectivity index (χ0v) is 15.4. The molecule has 150 valence electrons. The van der Waals surface area contributed by atoms with Crippen molar-refractivity contribution in [1.29, 1.82) is 0 Å². The van der Waals surface area contributed by atoms with Crippen molar-refractivity contribution in [3.05, 3.63) is 59.3 Å².